The lowest BCUT2D eigenvalue weighted by Crippen LogP contribution is -2.49. The van der Waals surface area contributed by atoms with Crippen molar-refractivity contribution in [2.24, 2.45) is 0 Å². The van der Waals surface area contributed by atoms with Crippen molar-refractivity contribution in [3.05, 3.63) is 53.7 Å². The Morgan fingerprint density at radius 2 is 1.57 bits per heavy atom. The third-order valence-electron chi connectivity index (χ3n) is 6.36. The molecule has 0 aliphatic carbocycles. The fourth-order valence-corrected chi connectivity index (χ4v) is 6.11. The van der Waals surface area contributed by atoms with Crippen molar-refractivity contribution in [1.29, 1.82) is 0 Å². The quantitative estimate of drug-likeness (QED) is 0.279. The van der Waals surface area contributed by atoms with Crippen LogP contribution in [0.2, 0.25) is 13.1 Å². The molecule has 28 heavy (non-hydrogen) atoms. The van der Waals surface area contributed by atoms with Crippen LogP contribution >= 0.6 is 0 Å². The highest BCUT2D eigenvalue weighted by atomic mass is 28.3. The molecule has 154 valence electrons. The summed E-state index contributed by atoms with van der Waals surface area (Å²) in [5.41, 5.74) is -0.635. The van der Waals surface area contributed by atoms with Gasteiger partial charge in [0.25, 0.3) is 0 Å². The van der Waals surface area contributed by atoms with Crippen LogP contribution in [-0.2, 0) is 9.31 Å². The zero-order chi connectivity index (χ0) is 20.8. The summed E-state index contributed by atoms with van der Waals surface area (Å²) in [6.45, 7) is 15.6. The molecule has 0 spiro atoms. The van der Waals surface area contributed by atoms with Gasteiger partial charge in [0.05, 0.1) is 11.2 Å². The summed E-state index contributed by atoms with van der Waals surface area (Å²) in [6.07, 6.45) is 13.1. The zero-order valence-electron chi connectivity index (χ0n) is 19.0. The molecule has 0 N–H and O–H groups in total. The molecular formula is C24H39BO2Si. The summed E-state index contributed by atoms with van der Waals surface area (Å²) in [4.78, 5) is 0. The van der Waals surface area contributed by atoms with Crippen LogP contribution in [0.4, 0.5) is 0 Å². The van der Waals surface area contributed by atoms with Gasteiger partial charge in [-0.05, 0) is 45.6 Å². The highest BCUT2D eigenvalue weighted by Gasteiger charge is 2.54. The van der Waals surface area contributed by atoms with Crippen LogP contribution < -0.4 is 5.19 Å². The molecule has 2 rings (SSSR count). The molecule has 0 bridgehead atoms. The number of rotatable bonds is 9. The predicted octanol–water partition coefficient (Wildman–Crippen LogP) is 6.23. The van der Waals surface area contributed by atoms with Crippen LogP contribution in [0.3, 0.4) is 0 Å². The van der Waals surface area contributed by atoms with Gasteiger partial charge in [-0.3, -0.25) is 0 Å². The highest BCUT2D eigenvalue weighted by Crippen LogP contribution is 2.40. The predicted molar refractivity (Wildman–Crippen MR) is 126 cm³/mol. The normalized spacial score (nSPS) is 19.5. The maximum absolute atomic E-state index is 6.45. The minimum absolute atomic E-state index is 0.281. The van der Waals surface area contributed by atoms with E-state index >= 15 is 0 Å². The minimum atomic E-state index is -1.92. The maximum atomic E-state index is 6.45. The van der Waals surface area contributed by atoms with E-state index < -0.39 is 8.07 Å². The minimum Gasteiger partial charge on any atom is -0.400 e. The standard InChI is InChI=1S/C24H39BO2Si/c1-8-9-10-11-12-13-17-20-22(25-26-23(2,3)24(4,5)27-25)28(6,7)21-18-15-14-16-19-21/h13-20H,8-12H2,1-7H3/b17-13+,22-20+. The number of hydrogen-bond donors (Lipinski definition) is 0. The molecule has 4 heteroatoms. The molecule has 1 heterocycles. The van der Waals surface area contributed by atoms with Crippen LogP contribution in [0, 0.1) is 0 Å². The van der Waals surface area contributed by atoms with E-state index in [0.717, 1.165) is 6.42 Å². The van der Waals surface area contributed by atoms with Gasteiger partial charge in [0.2, 0.25) is 0 Å². The van der Waals surface area contributed by atoms with E-state index in [0.29, 0.717) is 0 Å². The molecule has 0 saturated carbocycles. The first-order valence-corrected chi connectivity index (χ1v) is 13.9. The maximum Gasteiger partial charge on any atom is 0.486 e. The van der Waals surface area contributed by atoms with E-state index in [1.807, 2.05) is 0 Å². The summed E-state index contributed by atoms with van der Waals surface area (Å²) in [5.74, 6) is 0. The molecule has 0 atom stereocenters. The van der Waals surface area contributed by atoms with Crippen LogP contribution in [0.15, 0.2) is 53.7 Å². The fourth-order valence-electron chi connectivity index (χ4n) is 3.53. The second-order valence-electron chi connectivity index (χ2n) is 9.48. The largest absolute Gasteiger partial charge is 0.486 e. The summed E-state index contributed by atoms with van der Waals surface area (Å²) in [7, 11) is -2.20. The van der Waals surface area contributed by atoms with Crippen LogP contribution in [0.5, 0.6) is 0 Å². The third kappa shape index (κ3) is 5.49. The van der Waals surface area contributed by atoms with Gasteiger partial charge in [-0.2, -0.15) is 0 Å². The Morgan fingerprint density at radius 3 is 2.14 bits per heavy atom. The van der Waals surface area contributed by atoms with Gasteiger partial charge in [-0.1, -0.05) is 93.0 Å². The lowest BCUT2D eigenvalue weighted by Gasteiger charge is -2.32. The van der Waals surface area contributed by atoms with Crippen molar-refractivity contribution in [2.45, 2.75) is 91.0 Å². The fraction of sp³-hybridized carbons (Fsp3) is 0.583. The van der Waals surface area contributed by atoms with E-state index in [1.54, 1.807) is 0 Å². The summed E-state index contributed by atoms with van der Waals surface area (Å²) in [6, 6.07) is 10.9. The Balaban J connectivity index is 2.26. The molecule has 1 aliphatic rings. The average molecular weight is 398 g/mol. The Labute approximate surface area is 174 Å². The Hall–Kier alpha value is -1.10. The Kier molecular flexibility index (Phi) is 7.95. The van der Waals surface area contributed by atoms with E-state index in [2.05, 4.69) is 96.3 Å². The molecule has 0 amide bonds. The van der Waals surface area contributed by atoms with Crippen LogP contribution in [0.1, 0.15) is 66.7 Å². The van der Waals surface area contributed by atoms with Crippen molar-refractivity contribution in [3.8, 4) is 0 Å². The van der Waals surface area contributed by atoms with Gasteiger partial charge in [-0.25, -0.2) is 0 Å². The SMILES string of the molecule is CCCCCC/C=C/C=C(\B1OC(C)(C)C(C)(C)O1)[Si](C)(C)c1ccccc1. The topological polar surface area (TPSA) is 18.5 Å². The van der Waals surface area contributed by atoms with E-state index in [1.165, 1.54) is 36.0 Å². The molecule has 2 nitrogen and oxygen atoms in total. The van der Waals surface area contributed by atoms with Gasteiger partial charge in [0.15, 0.2) is 0 Å². The highest BCUT2D eigenvalue weighted by molar-refractivity contribution is 7.04. The van der Waals surface area contributed by atoms with Crippen molar-refractivity contribution >= 4 is 20.4 Å². The molecule has 1 aromatic rings. The van der Waals surface area contributed by atoms with Gasteiger partial charge >= 0.3 is 7.12 Å². The van der Waals surface area contributed by atoms with Crippen molar-refractivity contribution in [3.63, 3.8) is 0 Å². The second kappa shape index (κ2) is 9.60. The van der Waals surface area contributed by atoms with E-state index in [9.17, 15) is 0 Å². The van der Waals surface area contributed by atoms with Gasteiger partial charge in [0, 0.05) is 0 Å². The van der Waals surface area contributed by atoms with E-state index in [-0.39, 0.29) is 18.3 Å². The summed E-state index contributed by atoms with van der Waals surface area (Å²) >= 11 is 0. The molecule has 0 aromatic heterocycles. The van der Waals surface area contributed by atoms with Crippen molar-refractivity contribution in [1.82, 2.24) is 0 Å². The number of unbranched alkanes of at least 4 members (excludes halogenated alkanes) is 4. The summed E-state index contributed by atoms with van der Waals surface area (Å²) in [5, 5.41) is 2.72. The molecule has 0 unspecified atom stereocenters. The number of allylic oxidation sites excluding steroid dienone is 3. The average Bonchev–Trinajstić information content (AvgIpc) is 2.85. The van der Waals surface area contributed by atoms with Crippen molar-refractivity contribution in [2.75, 3.05) is 0 Å². The zero-order valence-corrected chi connectivity index (χ0v) is 20.0. The van der Waals surface area contributed by atoms with Gasteiger partial charge in [-0.15, -0.1) is 0 Å². The Bertz CT molecular complexity index is 661. The Morgan fingerprint density at radius 1 is 0.964 bits per heavy atom. The lowest BCUT2D eigenvalue weighted by molar-refractivity contribution is 0.00578. The first kappa shape index (κ1) is 23.2. The third-order valence-corrected chi connectivity index (χ3v) is 9.98. The lowest BCUT2D eigenvalue weighted by atomic mass is 9.89. The summed E-state index contributed by atoms with van der Waals surface area (Å²) < 4.78 is 12.9. The molecule has 1 saturated heterocycles. The second-order valence-corrected chi connectivity index (χ2v) is 13.9. The van der Waals surface area contributed by atoms with Gasteiger partial charge in [0.1, 0.15) is 8.07 Å². The van der Waals surface area contributed by atoms with Gasteiger partial charge < -0.3 is 9.31 Å². The smallest absolute Gasteiger partial charge is 0.400 e. The van der Waals surface area contributed by atoms with Crippen LogP contribution in [-0.4, -0.2) is 26.4 Å². The molecule has 1 fully saturated rings. The number of hydrogen-bond acceptors (Lipinski definition) is 2. The molecule has 1 aromatic carbocycles. The number of benzene rings is 1. The molecular weight excluding hydrogens is 359 g/mol. The van der Waals surface area contributed by atoms with Crippen molar-refractivity contribution < 1.29 is 9.31 Å². The molecule has 0 radical (unpaired) electrons. The monoisotopic (exact) mass is 398 g/mol. The van der Waals surface area contributed by atoms with E-state index in [4.69, 9.17) is 9.31 Å². The first-order valence-electron chi connectivity index (χ1n) is 10.9. The van der Waals surface area contributed by atoms with Crippen LogP contribution in [0.25, 0.3) is 0 Å². The first-order chi connectivity index (χ1) is 13.1. The molecule has 1 aliphatic heterocycles.